The van der Waals surface area contributed by atoms with Gasteiger partial charge in [0.25, 0.3) is 0 Å². The quantitative estimate of drug-likeness (QED) is 0.631. The Morgan fingerprint density at radius 3 is 2.44 bits per heavy atom. The van der Waals surface area contributed by atoms with Crippen LogP contribution in [0.5, 0.6) is 0 Å². The molecule has 0 radical (unpaired) electrons. The Balaban J connectivity index is 2.72. The molecule has 0 aliphatic heterocycles. The molecule has 0 bridgehead atoms. The van der Waals surface area contributed by atoms with Crippen LogP contribution in [0.1, 0.15) is 36.5 Å². The van der Waals surface area contributed by atoms with Crippen molar-refractivity contribution in [3.05, 3.63) is 29.8 Å². The van der Waals surface area contributed by atoms with Crippen molar-refractivity contribution in [3.8, 4) is 0 Å². The lowest BCUT2D eigenvalue weighted by Gasteiger charge is -2.06. The summed E-state index contributed by atoms with van der Waals surface area (Å²) >= 11 is 1.04. The molecular weight excluding hydrogens is 250 g/mol. The second-order valence-corrected chi connectivity index (χ2v) is 5.05. The standard InChI is InChI=1S/C13H15NO3S/c1-9(15)18-12-7-3-2-5-10(12)11(16)6-4-8-13(14)17/h2-3,5,7H,4,6,8H2,1H3,(H2,14,17). The molecule has 0 aliphatic carbocycles. The van der Waals surface area contributed by atoms with Gasteiger partial charge in [0.2, 0.25) is 5.91 Å². The Kier molecular flexibility index (Phi) is 5.58. The van der Waals surface area contributed by atoms with E-state index in [0.717, 1.165) is 11.8 Å². The van der Waals surface area contributed by atoms with Crippen LogP contribution in [0.3, 0.4) is 0 Å². The van der Waals surface area contributed by atoms with E-state index in [2.05, 4.69) is 0 Å². The molecule has 1 amide bonds. The van der Waals surface area contributed by atoms with Crippen molar-refractivity contribution in [2.75, 3.05) is 0 Å². The molecule has 5 heteroatoms. The van der Waals surface area contributed by atoms with Gasteiger partial charge in [0, 0.05) is 30.2 Å². The van der Waals surface area contributed by atoms with Gasteiger partial charge in [-0.25, -0.2) is 0 Å². The van der Waals surface area contributed by atoms with Gasteiger partial charge in [-0.1, -0.05) is 30.0 Å². The Morgan fingerprint density at radius 2 is 1.83 bits per heavy atom. The third-order valence-electron chi connectivity index (χ3n) is 2.27. The molecule has 1 aromatic carbocycles. The second kappa shape index (κ2) is 6.96. The highest BCUT2D eigenvalue weighted by atomic mass is 32.2. The number of hydrogen-bond donors (Lipinski definition) is 1. The second-order valence-electron chi connectivity index (χ2n) is 3.83. The molecule has 0 atom stereocenters. The van der Waals surface area contributed by atoms with Gasteiger partial charge in [-0.2, -0.15) is 0 Å². The Labute approximate surface area is 110 Å². The first-order valence-corrected chi connectivity index (χ1v) is 6.41. The molecule has 0 aliphatic rings. The van der Waals surface area contributed by atoms with Crippen LogP contribution in [0.25, 0.3) is 0 Å². The Hall–Kier alpha value is -1.62. The Bertz CT molecular complexity index is 471. The summed E-state index contributed by atoms with van der Waals surface area (Å²) in [6, 6.07) is 6.97. The molecule has 0 heterocycles. The SMILES string of the molecule is CC(=O)Sc1ccccc1C(=O)CCCC(N)=O. The third-order valence-corrected chi connectivity index (χ3v) is 3.13. The first kappa shape index (κ1) is 14.4. The van der Waals surface area contributed by atoms with Crippen molar-refractivity contribution >= 4 is 28.6 Å². The molecule has 0 aromatic heterocycles. The maximum absolute atomic E-state index is 12.0. The summed E-state index contributed by atoms with van der Waals surface area (Å²) in [7, 11) is 0. The maximum Gasteiger partial charge on any atom is 0.217 e. The highest BCUT2D eigenvalue weighted by Crippen LogP contribution is 2.24. The molecular formula is C13H15NO3S. The predicted molar refractivity (Wildman–Crippen MR) is 70.4 cm³/mol. The van der Waals surface area contributed by atoms with Crippen LogP contribution in [-0.2, 0) is 9.59 Å². The molecule has 4 nitrogen and oxygen atoms in total. The van der Waals surface area contributed by atoms with E-state index in [1.807, 2.05) is 0 Å². The minimum Gasteiger partial charge on any atom is -0.370 e. The van der Waals surface area contributed by atoms with Gasteiger partial charge in [0.1, 0.15) is 0 Å². The number of hydrogen-bond acceptors (Lipinski definition) is 4. The van der Waals surface area contributed by atoms with Crippen molar-refractivity contribution in [2.24, 2.45) is 5.73 Å². The van der Waals surface area contributed by atoms with Crippen LogP contribution in [0.2, 0.25) is 0 Å². The number of Topliss-reactive ketones (excluding diaryl/α,β-unsaturated/α-hetero) is 1. The fourth-order valence-corrected chi connectivity index (χ4v) is 2.25. The van der Waals surface area contributed by atoms with Crippen LogP contribution in [0, 0.1) is 0 Å². The van der Waals surface area contributed by atoms with Gasteiger partial charge < -0.3 is 5.73 Å². The number of thioether (sulfide) groups is 1. The molecule has 0 spiro atoms. The fourth-order valence-electron chi connectivity index (χ4n) is 1.50. The number of amides is 1. The van der Waals surface area contributed by atoms with Crippen LogP contribution in [0.4, 0.5) is 0 Å². The molecule has 1 rings (SSSR count). The van der Waals surface area contributed by atoms with E-state index < -0.39 is 5.91 Å². The first-order valence-electron chi connectivity index (χ1n) is 5.59. The lowest BCUT2D eigenvalue weighted by molar-refractivity contribution is -0.118. The zero-order valence-electron chi connectivity index (χ0n) is 10.1. The number of nitrogens with two attached hydrogens (primary N) is 1. The topological polar surface area (TPSA) is 77.2 Å². The fraction of sp³-hybridized carbons (Fsp3) is 0.308. The highest BCUT2D eigenvalue weighted by Gasteiger charge is 2.12. The predicted octanol–water partition coefficient (Wildman–Crippen LogP) is 2.16. The van der Waals surface area contributed by atoms with E-state index in [0.29, 0.717) is 16.9 Å². The van der Waals surface area contributed by atoms with Gasteiger partial charge >= 0.3 is 0 Å². The van der Waals surface area contributed by atoms with Gasteiger partial charge in [-0.3, -0.25) is 14.4 Å². The largest absolute Gasteiger partial charge is 0.370 e. The number of ketones is 1. The molecule has 18 heavy (non-hydrogen) atoms. The third kappa shape index (κ3) is 4.71. The van der Waals surface area contributed by atoms with E-state index in [4.69, 9.17) is 5.73 Å². The van der Waals surface area contributed by atoms with Crippen molar-refractivity contribution in [1.29, 1.82) is 0 Å². The van der Waals surface area contributed by atoms with Crippen molar-refractivity contribution in [2.45, 2.75) is 31.1 Å². The smallest absolute Gasteiger partial charge is 0.217 e. The normalized spacial score (nSPS) is 10.1. The van der Waals surface area contributed by atoms with Crippen molar-refractivity contribution in [1.82, 2.24) is 0 Å². The van der Waals surface area contributed by atoms with E-state index in [1.54, 1.807) is 24.3 Å². The minimum absolute atomic E-state index is 0.0626. The molecule has 0 unspecified atom stereocenters. The molecule has 96 valence electrons. The summed E-state index contributed by atoms with van der Waals surface area (Å²) in [4.78, 5) is 34.3. The molecule has 0 fully saturated rings. The summed E-state index contributed by atoms with van der Waals surface area (Å²) in [5, 5.41) is -0.0626. The zero-order chi connectivity index (χ0) is 13.5. The number of rotatable bonds is 6. The van der Waals surface area contributed by atoms with Crippen LogP contribution < -0.4 is 5.73 Å². The number of primary amides is 1. The summed E-state index contributed by atoms with van der Waals surface area (Å²) < 4.78 is 0. The molecule has 1 aromatic rings. The summed E-state index contributed by atoms with van der Waals surface area (Å²) in [5.74, 6) is -0.477. The summed E-state index contributed by atoms with van der Waals surface area (Å²) in [6.07, 6.45) is 0.902. The van der Waals surface area contributed by atoms with Crippen LogP contribution in [0.15, 0.2) is 29.2 Å². The highest BCUT2D eigenvalue weighted by molar-refractivity contribution is 8.13. The summed E-state index contributed by atoms with van der Waals surface area (Å²) in [6.45, 7) is 1.46. The lowest BCUT2D eigenvalue weighted by atomic mass is 10.1. The molecule has 0 saturated carbocycles. The maximum atomic E-state index is 12.0. The van der Waals surface area contributed by atoms with E-state index in [1.165, 1.54) is 6.92 Å². The number of benzene rings is 1. The minimum atomic E-state index is -0.408. The molecule has 2 N–H and O–H groups in total. The Morgan fingerprint density at radius 1 is 1.17 bits per heavy atom. The zero-order valence-corrected chi connectivity index (χ0v) is 11.0. The van der Waals surface area contributed by atoms with Crippen molar-refractivity contribution in [3.63, 3.8) is 0 Å². The average molecular weight is 265 g/mol. The number of carbonyl (C=O) groups is 3. The van der Waals surface area contributed by atoms with Crippen LogP contribution in [-0.4, -0.2) is 16.8 Å². The van der Waals surface area contributed by atoms with E-state index >= 15 is 0 Å². The van der Waals surface area contributed by atoms with Gasteiger partial charge in [-0.05, 0) is 12.5 Å². The van der Waals surface area contributed by atoms with E-state index in [-0.39, 0.29) is 23.7 Å². The average Bonchev–Trinajstić information content (AvgIpc) is 2.28. The van der Waals surface area contributed by atoms with Gasteiger partial charge in [0.15, 0.2) is 10.9 Å². The van der Waals surface area contributed by atoms with Crippen LogP contribution >= 0.6 is 11.8 Å². The van der Waals surface area contributed by atoms with Crippen molar-refractivity contribution < 1.29 is 14.4 Å². The monoisotopic (exact) mass is 265 g/mol. The first-order chi connectivity index (χ1) is 8.50. The molecule has 0 saturated heterocycles. The van der Waals surface area contributed by atoms with Gasteiger partial charge in [0.05, 0.1) is 0 Å². The number of carbonyl (C=O) groups excluding carboxylic acids is 3. The van der Waals surface area contributed by atoms with Gasteiger partial charge in [-0.15, -0.1) is 0 Å². The lowest BCUT2D eigenvalue weighted by Crippen LogP contribution is -2.11. The van der Waals surface area contributed by atoms with E-state index in [9.17, 15) is 14.4 Å². The summed E-state index contributed by atoms with van der Waals surface area (Å²) in [5.41, 5.74) is 5.54.